The van der Waals surface area contributed by atoms with E-state index in [2.05, 4.69) is 5.32 Å². The van der Waals surface area contributed by atoms with Crippen molar-refractivity contribution in [2.75, 3.05) is 5.32 Å². The maximum Gasteiger partial charge on any atom is 0.255 e. The Morgan fingerprint density at radius 3 is 2.50 bits per heavy atom. The summed E-state index contributed by atoms with van der Waals surface area (Å²) in [7, 11) is 0. The molecule has 18 heavy (non-hydrogen) atoms. The third-order valence-corrected chi connectivity index (χ3v) is 2.95. The first-order valence-corrected chi connectivity index (χ1v) is 6.25. The monoisotopic (exact) mass is 245 g/mol. The Balaban J connectivity index is 2.54. The SMILES string of the molecule is CCC1=C(C(C)(C)C)C(=O)Nc2ccccc2O1. The number of fused-ring (bicyclic) bond motifs is 1. The van der Waals surface area contributed by atoms with Crippen molar-refractivity contribution >= 4 is 11.6 Å². The number of ether oxygens (including phenoxy) is 1. The molecule has 2 rings (SSSR count). The molecule has 1 aromatic carbocycles. The van der Waals surface area contributed by atoms with Crippen molar-refractivity contribution in [1.82, 2.24) is 0 Å². The number of carbonyl (C=O) groups is 1. The van der Waals surface area contributed by atoms with Crippen LogP contribution in [0.1, 0.15) is 34.1 Å². The van der Waals surface area contributed by atoms with Crippen LogP contribution in [0.3, 0.4) is 0 Å². The van der Waals surface area contributed by atoms with Gasteiger partial charge in [0.2, 0.25) is 0 Å². The van der Waals surface area contributed by atoms with Crippen LogP contribution in [-0.2, 0) is 4.79 Å². The number of amides is 1. The minimum absolute atomic E-state index is 0.0655. The zero-order valence-corrected chi connectivity index (χ0v) is 11.3. The summed E-state index contributed by atoms with van der Waals surface area (Å²) in [6, 6.07) is 7.51. The molecule has 1 heterocycles. The number of benzene rings is 1. The van der Waals surface area contributed by atoms with Gasteiger partial charge in [0.25, 0.3) is 5.91 Å². The van der Waals surface area contributed by atoms with E-state index in [1.807, 2.05) is 52.0 Å². The van der Waals surface area contributed by atoms with Crippen molar-refractivity contribution < 1.29 is 9.53 Å². The third-order valence-electron chi connectivity index (χ3n) is 2.95. The highest BCUT2D eigenvalue weighted by atomic mass is 16.5. The van der Waals surface area contributed by atoms with Gasteiger partial charge in [-0.1, -0.05) is 39.8 Å². The van der Waals surface area contributed by atoms with Gasteiger partial charge in [-0.25, -0.2) is 0 Å². The Morgan fingerprint density at radius 1 is 1.22 bits per heavy atom. The summed E-state index contributed by atoms with van der Waals surface area (Å²) in [4.78, 5) is 12.3. The van der Waals surface area contributed by atoms with E-state index in [1.54, 1.807) is 0 Å². The minimum Gasteiger partial charge on any atom is -0.459 e. The lowest BCUT2D eigenvalue weighted by Crippen LogP contribution is -2.25. The molecule has 0 atom stereocenters. The van der Waals surface area contributed by atoms with Crippen molar-refractivity contribution in [3.05, 3.63) is 35.6 Å². The minimum atomic E-state index is -0.239. The first kappa shape index (κ1) is 12.7. The normalized spacial score (nSPS) is 15.7. The summed E-state index contributed by atoms with van der Waals surface area (Å²) in [6.07, 6.45) is 0.703. The number of anilines is 1. The van der Waals surface area contributed by atoms with E-state index in [0.29, 0.717) is 12.2 Å². The molecule has 3 nitrogen and oxygen atoms in total. The second kappa shape index (κ2) is 4.48. The Bertz CT molecular complexity index is 509. The average Bonchev–Trinajstić information content (AvgIpc) is 2.42. The van der Waals surface area contributed by atoms with E-state index in [9.17, 15) is 4.79 Å². The van der Waals surface area contributed by atoms with Crippen LogP contribution in [0.2, 0.25) is 0 Å². The molecular formula is C15H19NO2. The van der Waals surface area contributed by atoms with Gasteiger partial charge in [-0.05, 0) is 17.5 Å². The molecule has 0 bridgehead atoms. The van der Waals surface area contributed by atoms with E-state index < -0.39 is 0 Å². The summed E-state index contributed by atoms with van der Waals surface area (Å²) in [6.45, 7) is 8.08. The molecule has 0 aromatic heterocycles. The molecule has 1 amide bonds. The van der Waals surface area contributed by atoms with Gasteiger partial charge in [0.05, 0.1) is 11.3 Å². The largest absolute Gasteiger partial charge is 0.459 e. The van der Waals surface area contributed by atoms with E-state index in [4.69, 9.17) is 4.74 Å². The predicted molar refractivity (Wildman–Crippen MR) is 72.5 cm³/mol. The van der Waals surface area contributed by atoms with Gasteiger partial charge < -0.3 is 10.1 Å². The Kier molecular flexibility index (Phi) is 3.16. The first-order chi connectivity index (χ1) is 8.43. The van der Waals surface area contributed by atoms with Crippen LogP contribution in [0.5, 0.6) is 5.75 Å². The fourth-order valence-electron chi connectivity index (χ4n) is 2.16. The number of para-hydroxylation sites is 2. The van der Waals surface area contributed by atoms with Gasteiger partial charge >= 0.3 is 0 Å². The van der Waals surface area contributed by atoms with Crippen LogP contribution in [0.25, 0.3) is 0 Å². The zero-order chi connectivity index (χ0) is 13.3. The van der Waals surface area contributed by atoms with Crippen LogP contribution < -0.4 is 10.1 Å². The molecule has 0 saturated heterocycles. The molecule has 3 heteroatoms. The van der Waals surface area contributed by atoms with Crippen LogP contribution in [0.4, 0.5) is 5.69 Å². The number of allylic oxidation sites excluding steroid dienone is 1. The molecule has 0 aliphatic carbocycles. The topological polar surface area (TPSA) is 38.3 Å². The van der Waals surface area contributed by atoms with Crippen molar-refractivity contribution in [3.8, 4) is 5.75 Å². The number of hydrogen-bond donors (Lipinski definition) is 1. The molecule has 0 unspecified atom stereocenters. The number of carbonyl (C=O) groups excluding carboxylic acids is 1. The summed E-state index contributed by atoms with van der Waals surface area (Å²) in [5.41, 5.74) is 1.21. The lowest BCUT2D eigenvalue weighted by Gasteiger charge is -2.23. The highest BCUT2D eigenvalue weighted by Gasteiger charge is 2.31. The Morgan fingerprint density at radius 2 is 1.89 bits per heavy atom. The second-order valence-electron chi connectivity index (χ2n) is 5.45. The average molecular weight is 245 g/mol. The predicted octanol–water partition coefficient (Wildman–Crippen LogP) is 3.73. The fraction of sp³-hybridized carbons (Fsp3) is 0.400. The van der Waals surface area contributed by atoms with Gasteiger partial charge in [0, 0.05) is 6.42 Å². The molecule has 1 aliphatic heterocycles. The van der Waals surface area contributed by atoms with Crippen molar-refractivity contribution in [2.24, 2.45) is 5.41 Å². The lowest BCUT2D eigenvalue weighted by molar-refractivity contribution is -0.113. The molecule has 96 valence electrons. The van der Waals surface area contributed by atoms with Gasteiger partial charge in [-0.15, -0.1) is 0 Å². The van der Waals surface area contributed by atoms with Crippen molar-refractivity contribution in [3.63, 3.8) is 0 Å². The molecule has 0 fully saturated rings. The van der Waals surface area contributed by atoms with Crippen molar-refractivity contribution in [1.29, 1.82) is 0 Å². The highest BCUT2D eigenvalue weighted by molar-refractivity contribution is 6.06. The van der Waals surface area contributed by atoms with Gasteiger partial charge in [0.1, 0.15) is 11.5 Å². The summed E-state index contributed by atoms with van der Waals surface area (Å²) < 4.78 is 5.91. The maximum absolute atomic E-state index is 12.3. The zero-order valence-electron chi connectivity index (χ0n) is 11.3. The van der Waals surface area contributed by atoms with Crippen LogP contribution in [0, 0.1) is 5.41 Å². The first-order valence-electron chi connectivity index (χ1n) is 6.25. The summed E-state index contributed by atoms with van der Waals surface area (Å²) in [5, 5.41) is 2.92. The second-order valence-corrected chi connectivity index (χ2v) is 5.45. The smallest absolute Gasteiger partial charge is 0.255 e. The van der Waals surface area contributed by atoms with Crippen LogP contribution >= 0.6 is 0 Å². The van der Waals surface area contributed by atoms with Gasteiger partial charge in [-0.3, -0.25) is 4.79 Å². The summed E-state index contributed by atoms with van der Waals surface area (Å²) >= 11 is 0. The third kappa shape index (κ3) is 2.26. The number of nitrogens with one attached hydrogen (secondary N) is 1. The quantitative estimate of drug-likeness (QED) is 0.818. The molecular weight excluding hydrogens is 226 g/mol. The van der Waals surface area contributed by atoms with Crippen LogP contribution in [-0.4, -0.2) is 5.91 Å². The van der Waals surface area contributed by atoms with Crippen LogP contribution in [0.15, 0.2) is 35.6 Å². The summed E-state index contributed by atoms with van der Waals surface area (Å²) in [5.74, 6) is 1.40. The van der Waals surface area contributed by atoms with E-state index in [-0.39, 0.29) is 11.3 Å². The van der Waals surface area contributed by atoms with Gasteiger partial charge in [-0.2, -0.15) is 0 Å². The highest BCUT2D eigenvalue weighted by Crippen LogP contribution is 2.37. The Hall–Kier alpha value is -1.77. The molecule has 1 N–H and O–H groups in total. The molecule has 1 aliphatic rings. The van der Waals surface area contributed by atoms with E-state index in [1.165, 1.54) is 0 Å². The maximum atomic E-state index is 12.3. The number of hydrogen-bond acceptors (Lipinski definition) is 2. The van der Waals surface area contributed by atoms with Crippen molar-refractivity contribution in [2.45, 2.75) is 34.1 Å². The van der Waals surface area contributed by atoms with E-state index >= 15 is 0 Å². The fourth-order valence-corrected chi connectivity index (χ4v) is 2.16. The molecule has 0 spiro atoms. The van der Waals surface area contributed by atoms with E-state index in [0.717, 1.165) is 17.0 Å². The Labute approximate surface area is 108 Å². The molecule has 0 saturated carbocycles. The standard InChI is InChI=1S/C15H19NO2/c1-5-11-13(15(2,3)4)14(17)16-10-8-6-7-9-12(10)18-11/h6-9H,5H2,1-4H3,(H,16,17). The number of rotatable bonds is 1. The lowest BCUT2D eigenvalue weighted by atomic mass is 9.84. The molecule has 1 aromatic rings. The van der Waals surface area contributed by atoms with Gasteiger partial charge in [0.15, 0.2) is 0 Å². The molecule has 0 radical (unpaired) electrons.